The Hall–Kier alpha value is -1.06. The molecule has 14 heavy (non-hydrogen) atoms. The standard InChI is InChI=1S/C10H12ClNO2/c1-6-3-7(11)4-8(9(13)5-12)10(6)14-2/h3-4H,5,12H2,1-2H3. The van der Waals surface area contributed by atoms with Crippen LogP contribution in [0.15, 0.2) is 12.1 Å². The maximum absolute atomic E-state index is 11.4. The Balaban J connectivity index is 3.32. The molecule has 1 aromatic rings. The van der Waals surface area contributed by atoms with E-state index in [-0.39, 0.29) is 12.3 Å². The summed E-state index contributed by atoms with van der Waals surface area (Å²) in [5.41, 5.74) is 6.55. The number of carbonyl (C=O) groups is 1. The number of carbonyl (C=O) groups excluding carboxylic acids is 1. The van der Waals surface area contributed by atoms with Crippen molar-refractivity contribution in [3.05, 3.63) is 28.3 Å². The normalized spacial score (nSPS) is 10.0. The number of methoxy groups -OCH3 is 1. The quantitative estimate of drug-likeness (QED) is 0.779. The Morgan fingerprint density at radius 1 is 1.57 bits per heavy atom. The number of aryl methyl sites for hydroxylation is 1. The van der Waals surface area contributed by atoms with E-state index in [1.165, 1.54) is 7.11 Å². The van der Waals surface area contributed by atoms with Crippen molar-refractivity contribution in [2.75, 3.05) is 13.7 Å². The van der Waals surface area contributed by atoms with Crippen LogP contribution in [0.4, 0.5) is 0 Å². The Labute approximate surface area is 87.8 Å². The van der Waals surface area contributed by atoms with Gasteiger partial charge in [-0.1, -0.05) is 11.6 Å². The zero-order valence-electron chi connectivity index (χ0n) is 8.13. The van der Waals surface area contributed by atoms with Crippen LogP contribution < -0.4 is 10.5 Å². The first kappa shape index (κ1) is 11.0. The van der Waals surface area contributed by atoms with Gasteiger partial charge < -0.3 is 10.5 Å². The number of hydrogen-bond donors (Lipinski definition) is 1. The third-order valence-corrected chi connectivity index (χ3v) is 2.15. The highest BCUT2D eigenvalue weighted by atomic mass is 35.5. The van der Waals surface area contributed by atoms with E-state index in [9.17, 15) is 4.79 Å². The number of ether oxygens (including phenoxy) is 1. The zero-order valence-corrected chi connectivity index (χ0v) is 8.89. The van der Waals surface area contributed by atoms with Gasteiger partial charge in [-0.05, 0) is 24.6 Å². The highest BCUT2D eigenvalue weighted by Crippen LogP contribution is 2.27. The lowest BCUT2D eigenvalue weighted by atomic mass is 10.1. The van der Waals surface area contributed by atoms with Crippen molar-refractivity contribution in [2.24, 2.45) is 5.73 Å². The van der Waals surface area contributed by atoms with Crippen LogP contribution >= 0.6 is 11.6 Å². The highest BCUT2D eigenvalue weighted by molar-refractivity contribution is 6.31. The molecule has 0 heterocycles. The molecule has 1 rings (SSSR count). The van der Waals surface area contributed by atoms with Crippen LogP contribution in [-0.2, 0) is 0 Å². The Morgan fingerprint density at radius 3 is 2.71 bits per heavy atom. The zero-order chi connectivity index (χ0) is 10.7. The van der Waals surface area contributed by atoms with Gasteiger partial charge in [-0.15, -0.1) is 0 Å². The summed E-state index contributed by atoms with van der Waals surface area (Å²) in [5.74, 6) is 0.373. The van der Waals surface area contributed by atoms with Gasteiger partial charge >= 0.3 is 0 Å². The number of nitrogens with two attached hydrogens (primary N) is 1. The molecule has 0 unspecified atom stereocenters. The number of hydrogen-bond acceptors (Lipinski definition) is 3. The molecule has 0 spiro atoms. The van der Waals surface area contributed by atoms with Crippen LogP contribution in [0.3, 0.4) is 0 Å². The molecule has 0 atom stereocenters. The third-order valence-electron chi connectivity index (χ3n) is 1.93. The van der Waals surface area contributed by atoms with Gasteiger partial charge in [0.05, 0.1) is 19.2 Å². The fourth-order valence-electron chi connectivity index (χ4n) is 1.32. The average molecular weight is 214 g/mol. The molecule has 0 amide bonds. The van der Waals surface area contributed by atoms with Crippen molar-refractivity contribution in [3.8, 4) is 5.75 Å². The van der Waals surface area contributed by atoms with Crippen molar-refractivity contribution in [3.63, 3.8) is 0 Å². The van der Waals surface area contributed by atoms with Crippen molar-refractivity contribution >= 4 is 17.4 Å². The summed E-state index contributed by atoms with van der Waals surface area (Å²) in [6.45, 7) is 1.79. The van der Waals surface area contributed by atoms with E-state index in [1.54, 1.807) is 12.1 Å². The number of ketones is 1. The van der Waals surface area contributed by atoms with Gasteiger partial charge in [0.2, 0.25) is 0 Å². The molecule has 0 bridgehead atoms. The maximum Gasteiger partial charge on any atom is 0.180 e. The summed E-state index contributed by atoms with van der Waals surface area (Å²) in [5, 5.41) is 0.514. The fraction of sp³-hybridized carbons (Fsp3) is 0.300. The smallest absolute Gasteiger partial charge is 0.180 e. The second kappa shape index (κ2) is 4.44. The van der Waals surface area contributed by atoms with Crippen LogP contribution in [0, 0.1) is 6.92 Å². The van der Waals surface area contributed by atoms with Crippen LogP contribution in [0.5, 0.6) is 5.75 Å². The number of Topliss-reactive ketones (excluding diaryl/α,β-unsaturated/α-hetero) is 1. The van der Waals surface area contributed by atoms with Gasteiger partial charge in [0.15, 0.2) is 5.78 Å². The van der Waals surface area contributed by atoms with Crippen molar-refractivity contribution in [1.82, 2.24) is 0 Å². The first-order chi connectivity index (χ1) is 6.60. The number of rotatable bonds is 3. The number of benzene rings is 1. The highest BCUT2D eigenvalue weighted by Gasteiger charge is 2.13. The van der Waals surface area contributed by atoms with Gasteiger partial charge in [-0.3, -0.25) is 4.79 Å². The lowest BCUT2D eigenvalue weighted by molar-refractivity contribution is 0.0998. The van der Waals surface area contributed by atoms with Crippen LogP contribution in [-0.4, -0.2) is 19.4 Å². The molecule has 4 heteroatoms. The predicted molar refractivity (Wildman–Crippen MR) is 56.1 cm³/mol. The maximum atomic E-state index is 11.4. The average Bonchev–Trinajstić information content (AvgIpc) is 2.15. The van der Waals surface area contributed by atoms with Gasteiger partial charge in [0, 0.05) is 5.02 Å². The van der Waals surface area contributed by atoms with E-state index < -0.39 is 0 Å². The van der Waals surface area contributed by atoms with E-state index in [0.717, 1.165) is 5.56 Å². The molecule has 0 radical (unpaired) electrons. The first-order valence-corrected chi connectivity index (χ1v) is 4.55. The lowest BCUT2D eigenvalue weighted by Crippen LogP contribution is -2.15. The summed E-state index contributed by atoms with van der Waals surface area (Å²) < 4.78 is 5.12. The molecule has 0 fully saturated rings. The van der Waals surface area contributed by atoms with E-state index in [2.05, 4.69) is 0 Å². The van der Waals surface area contributed by atoms with Crippen LogP contribution in [0.1, 0.15) is 15.9 Å². The molecular formula is C10H12ClNO2. The summed E-state index contributed by atoms with van der Waals surface area (Å²) >= 11 is 5.83. The summed E-state index contributed by atoms with van der Waals surface area (Å²) in [7, 11) is 1.52. The second-order valence-corrected chi connectivity index (χ2v) is 3.37. The van der Waals surface area contributed by atoms with Gasteiger partial charge in [-0.2, -0.15) is 0 Å². The van der Waals surface area contributed by atoms with Crippen LogP contribution in [0.25, 0.3) is 0 Å². The summed E-state index contributed by atoms with van der Waals surface area (Å²) in [6.07, 6.45) is 0. The molecule has 0 aromatic heterocycles. The van der Waals surface area contributed by atoms with E-state index in [1.807, 2.05) is 6.92 Å². The van der Waals surface area contributed by atoms with E-state index in [4.69, 9.17) is 22.1 Å². The predicted octanol–water partition coefficient (Wildman–Crippen LogP) is 1.80. The van der Waals surface area contributed by atoms with Crippen molar-refractivity contribution in [2.45, 2.75) is 6.92 Å². The molecule has 3 nitrogen and oxygen atoms in total. The molecule has 0 aliphatic rings. The third kappa shape index (κ3) is 2.05. The number of halogens is 1. The summed E-state index contributed by atoms with van der Waals surface area (Å²) in [6, 6.07) is 3.32. The largest absolute Gasteiger partial charge is 0.496 e. The molecule has 76 valence electrons. The Morgan fingerprint density at radius 2 is 2.21 bits per heavy atom. The SMILES string of the molecule is COc1c(C)cc(Cl)cc1C(=O)CN. The minimum absolute atomic E-state index is 0.0455. The van der Waals surface area contributed by atoms with Gasteiger partial charge in [0.25, 0.3) is 0 Å². The van der Waals surface area contributed by atoms with Gasteiger partial charge in [-0.25, -0.2) is 0 Å². The van der Waals surface area contributed by atoms with Gasteiger partial charge in [0.1, 0.15) is 5.75 Å². The second-order valence-electron chi connectivity index (χ2n) is 2.93. The van der Waals surface area contributed by atoms with Crippen molar-refractivity contribution < 1.29 is 9.53 Å². The van der Waals surface area contributed by atoms with Crippen LogP contribution in [0.2, 0.25) is 5.02 Å². The minimum Gasteiger partial charge on any atom is -0.496 e. The molecular weight excluding hydrogens is 202 g/mol. The molecule has 0 saturated carbocycles. The monoisotopic (exact) mass is 213 g/mol. The Bertz CT molecular complexity index is 363. The first-order valence-electron chi connectivity index (χ1n) is 4.17. The van der Waals surface area contributed by atoms with Crippen molar-refractivity contribution in [1.29, 1.82) is 0 Å². The topological polar surface area (TPSA) is 52.3 Å². The lowest BCUT2D eigenvalue weighted by Gasteiger charge is -2.10. The molecule has 0 aliphatic carbocycles. The molecule has 2 N–H and O–H groups in total. The fourth-order valence-corrected chi connectivity index (χ4v) is 1.59. The Kier molecular flexibility index (Phi) is 3.49. The molecule has 0 aliphatic heterocycles. The molecule has 1 aromatic carbocycles. The summed E-state index contributed by atoms with van der Waals surface area (Å²) in [4.78, 5) is 11.4. The minimum atomic E-state index is -0.174. The molecule has 0 saturated heterocycles. The van der Waals surface area contributed by atoms with E-state index >= 15 is 0 Å². The van der Waals surface area contributed by atoms with E-state index in [0.29, 0.717) is 16.3 Å².